The van der Waals surface area contributed by atoms with Crippen LogP contribution in [0.3, 0.4) is 0 Å². The van der Waals surface area contributed by atoms with Gasteiger partial charge >= 0.3 is 0 Å². The molecular formula is C17H35N3. The molecule has 0 aromatic heterocycles. The molecule has 0 saturated carbocycles. The molecule has 0 aliphatic carbocycles. The van der Waals surface area contributed by atoms with E-state index in [9.17, 15) is 0 Å². The Kier molecular flexibility index (Phi) is 5.88. The molecule has 1 N–H and O–H groups in total. The molecule has 3 heteroatoms. The van der Waals surface area contributed by atoms with Crippen LogP contribution >= 0.6 is 0 Å². The van der Waals surface area contributed by atoms with Crippen LogP contribution in [0.15, 0.2) is 0 Å². The quantitative estimate of drug-likeness (QED) is 0.854. The lowest BCUT2D eigenvalue weighted by atomic mass is 9.87. The Balaban J connectivity index is 2.04. The minimum atomic E-state index is 0.689. The molecule has 2 heterocycles. The summed E-state index contributed by atoms with van der Waals surface area (Å²) in [6.07, 6.45) is 3.91. The maximum atomic E-state index is 3.81. The minimum Gasteiger partial charge on any atom is -0.311 e. The van der Waals surface area contributed by atoms with Crippen molar-refractivity contribution >= 4 is 0 Å². The highest BCUT2D eigenvalue weighted by atomic mass is 15.3. The van der Waals surface area contributed by atoms with E-state index in [1.807, 2.05) is 0 Å². The minimum absolute atomic E-state index is 0.689. The second-order valence-corrected chi connectivity index (χ2v) is 7.25. The molecule has 0 amide bonds. The van der Waals surface area contributed by atoms with Gasteiger partial charge in [0.1, 0.15) is 0 Å². The second-order valence-electron chi connectivity index (χ2n) is 7.25. The zero-order chi connectivity index (χ0) is 14.7. The summed E-state index contributed by atoms with van der Waals surface area (Å²) in [7, 11) is 2.27. The molecular weight excluding hydrogens is 246 g/mol. The summed E-state index contributed by atoms with van der Waals surface area (Å²) >= 11 is 0. The molecule has 5 unspecified atom stereocenters. The number of hydrogen-bond donors (Lipinski definition) is 1. The standard InChI is InChI=1S/C17H35N3/c1-6-13(3)16-12-20(15(7-2)10-18-16)17-8-9-19(5)11-14(17)4/h13-18H,6-12H2,1-5H3. The number of piperidine rings is 1. The molecule has 2 aliphatic rings. The fourth-order valence-corrected chi connectivity index (χ4v) is 4.13. The van der Waals surface area contributed by atoms with Gasteiger partial charge in [-0.1, -0.05) is 34.1 Å². The van der Waals surface area contributed by atoms with Crippen molar-refractivity contribution in [3.63, 3.8) is 0 Å². The second kappa shape index (κ2) is 7.24. The maximum absolute atomic E-state index is 3.81. The predicted octanol–water partition coefficient (Wildman–Crippen LogP) is 2.43. The van der Waals surface area contributed by atoms with Crippen LogP contribution in [-0.2, 0) is 0 Å². The van der Waals surface area contributed by atoms with Gasteiger partial charge in [0.25, 0.3) is 0 Å². The van der Waals surface area contributed by atoms with E-state index in [4.69, 9.17) is 0 Å². The average molecular weight is 281 g/mol. The van der Waals surface area contributed by atoms with Gasteiger partial charge in [-0.15, -0.1) is 0 Å². The third-order valence-electron chi connectivity index (χ3n) is 5.78. The zero-order valence-corrected chi connectivity index (χ0v) is 14.2. The van der Waals surface area contributed by atoms with Crippen LogP contribution in [0.4, 0.5) is 0 Å². The van der Waals surface area contributed by atoms with Crippen molar-refractivity contribution in [3.05, 3.63) is 0 Å². The molecule has 0 aromatic rings. The fraction of sp³-hybridized carbons (Fsp3) is 1.00. The monoisotopic (exact) mass is 281 g/mol. The Morgan fingerprint density at radius 3 is 2.60 bits per heavy atom. The van der Waals surface area contributed by atoms with E-state index in [0.717, 1.165) is 23.9 Å². The van der Waals surface area contributed by atoms with Crippen molar-refractivity contribution in [3.8, 4) is 0 Å². The summed E-state index contributed by atoms with van der Waals surface area (Å²) in [4.78, 5) is 5.36. The van der Waals surface area contributed by atoms with Crippen molar-refractivity contribution in [2.75, 3.05) is 33.2 Å². The molecule has 2 rings (SSSR count). The van der Waals surface area contributed by atoms with E-state index in [1.54, 1.807) is 0 Å². The molecule has 20 heavy (non-hydrogen) atoms. The smallest absolute Gasteiger partial charge is 0.0221 e. The van der Waals surface area contributed by atoms with Gasteiger partial charge < -0.3 is 10.2 Å². The normalized spacial score (nSPS) is 38.9. The van der Waals surface area contributed by atoms with E-state index >= 15 is 0 Å². The van der Waals surface area contributed by atoms with Crippen LogP contribution in [0.5, 0.6) is 0 Å². The Morgan fingerprint density at radius 1 is 1.25 bits per heavy atom. The number of likely N-dealkylation sites (tertiary alicyclic amines) is 1. The van der Waals surface area contributed by atoms with Gasteiger partial charge in [-0.05, 0) is 38.3 Å². The molecule has 3 nitrogen and oxygen atoms in total. The highest BCUT2D eigenvalue weighted by Gasteiger charge is 2.37. The van der Waals surface area contributed by atoms with E-state index in [-0.39, 0.29) is 0 Å². The van der Waals surface area contributed by atoms with Gasteiger partial charge in [-0.2, -0.15) is 0 Å². The van der Waals surface area contributed by atoms with Gasteiger partial charge in [-0.25, -0.2) is 0 Å². The summed E-state index contributed by atoms with van der Waals surface area (Å²) in [5.74, 6) is 1.59. The lowest BCUT2D eigenvalue weighted by Gasteiger charge is -2.50. The number of nitrogens with one attached hydrogen (secondary N) is 1. The Bertz CT molecular complexity index is 294. The van der Waals surface area contributed by atoms with Crippen LogP contribution < -0.4 is 5.32 Å². The third-order valence-corrected chi connectivity index (χ3v) is 5.78. The molecule has 0 radical (unpaired) electrons. The van der Waals surface area contributed by atoms with Crippen molar-refractivity contribution in [1.82, 2.24) is 15.1 Å². The van der Waals surface area contributed by atoms with Gasteiger partial charge in [0.05, 0.1) is 0 Å². The Hall–Kier alpha value is -0.120. The maximum Gasteiger partial charge on any atom is 0.0221 e. The zero-order valence-electron chi connectivity index (χ0n) is 14.2. The molecule has 0 aromatic carbocycles. The third kappa shape index (κ3) is 3.55. The molecule has 2 fully saturated rings. The number of hydrogen-bond acceptors (Lipinski definition) is 3. The lowest BCUT2D eigenvalue weighted by molar-refractivity contribution is 0.00853. The van der Waals surface area contributed by atoms with Gasteiger partial charge in [0, 0.05) is 37.8 Å². The number of rotatable bonds is 4. The van der Waals surface area contributed by atoms with Crippen molar-refractivity contribution < 1.29 is 0 Å². The first-order valence-electron chi connectivity index (χ1n) is 8.74. The van der Waals surface area contributed by atoms with E-state index in [1.165, 1.54) is 45.4 Å². The number of nitrogens with zero attached hydrogens (tertiary/aromatic N) is 2. The fourth-order valence-electron chi connectivity index (χ4n) is 4.13. The van der Waals surface area contributed by atoms with E-state index < -0.39 is 0 Å². The van der Waals surface area contributed by atoms with Crippen molar-refractivity contribution in [1.29, 1.82) is 0 Å². The average Bonchev–Trinajstić information content (AvgIpc) is 2.46. The topological polar surface area (TPSA) is 18.5 Å². The summed E-state index contributed by atoms with van der Waals surface area (Å²) < 4.78 is 0. The molecule has 5 atom stereocenters. The molecule has 2 saturated heterocycles. The highest BCUT2D eigenvalue weighted by Crippen LogP contribution is 2.27. The van der Waals surface area contributed by atoms with Crippen molar-refractivity contribution in [2.24, 2.45) is 11.8 Å². The lowest BCUT2D eigenvalue weighted by Crippen LogP contribution is -2.63. The molecule has 0 bridgehead atoms. The first-order valence-corrected chi connectivity index (χ1v) is 8.74. The summed E-state index contributed by atoms with van der Waals surface area (Å²) in [5, 5.41) is 3.81. The van der Waals surface area contributed by atoms with Gasteiger partial charge in [0.15, 0.2) is 0 Å². The Labute approximate surface area is 126 Å². The van der Waals surface area contributed by atoms with Crippen LogP contribution in [0.2, 0.25) is 0 Å². The largest absolute Gasteiger partial charge is 0.311 e. The Morgan fingerprint density at radius 2 is 2.00 bits per heavy atom. The summed E-state index contributed by atoms with van der Waals surface area (Å²) in [6, 6.07) is 2.23. The van der Waals surface area contributed by atoms with E-state index in [2.05, 4.69) is 49.9 Å². The van der Waals surface area contributed by atoms with Crippen LogP contribution in [0.1, 0.15) is 47.0 Å². The van der Waals surface area contributed by atoms with Crippen molar-refractivity contribution in [2.45, 2.75) is 65.1 Å². The number of piperazine rings is 1. The van der Waals surface area contributed by atoms with Gasteiger partial charge in [-0.3, -0.25) is 4.90 Å². The predicted molar refractivity (Wildman–Crippen MR) is 87.1 cm³/mol. The van der Waals surface area contributed by atoms with Crippen LogP contribution in [0, 0.1) is 11.8 Å². The first-order chi connectivity index (χ1) is 9.56. The van der Waals surface area contributed by atoms with E-state index in [0.29, 0.717) is 6.04 Å². The van der Waals surface area contributed by atoms with Crippen LogP contribution in [-0.4, -0.2) is 61.2 Å². The summed E-state index contributed by atoms with van der Waals surface area (Å²) in [5.41, 5.74) is 0. The molecule has 0 spiro atoms. The first kappa shape index (κ1) is 16.3. The summed E-state index contributed by atoms with van der Waals surface area (Å²) in [6.45, 7) is 14.5. The molecule has 2 aliphatic heterocycles. The van der Waals surface area contributed by atoms with Crippen LogP contribution in [0.25, 0.3) is 0 Å². The SMILES string of the molecule is CCC(C)C1CN(C2CCN(C)CC2C)C(CC)CN1. The molecule has 118 valence electrons. The highest BCUT2D eigenvalue weighted by molar-refractivity contribution is 4.94. The van der Waals surface area contributed by atoms with Gasteiger partial charge in [0.2, 0.25) is 0 Å².